The molecule has 0 fully saturated rings. The van der Waals surface area contributed by atoms with Crippen molar-refractivity contribution in [2.24, 2.45) is 0 Å². The largest absolute Gasteiger partial charge is 0.376 e. The zero-order valence-electron chi connectivity index (χ0n) is 15.4. The zero-order valence-corrected chi connectivity index (χ0v) is 15.4. The van der Waals surface area contributed by atoms with Gasteiger partial charge in [0.1, 0.15) is 19.2 Å². The molecule has 0 aliphatic rings. The van der Waals surface area contributed by atoms with Gasteiger partial charge in [0.25, 0.3) is 5.56 Å². The van der Waals surface area contributed by atoms with E-state index in [1.54, 1.807) is 22.1 Å². The minimum atomic E-state index is -0.318. The number of benzene rings is 1. The van der Waals surface area contributed by atoms with Gasteiger partial charge < -0.3 is 10.2 Å². The summed E-state index contributed by atoms with van der Waals surface area (Å²) in [5.41, 5.74) is 2.20. The summed E-state index contributed by atoms with van der Waals surface area (Å²) >= 11 is 0. The van der Waals surface area contributed by atoms with E-state index in [-0.39, 0.29) is 24.1 Å². The maximum atomic E-state index is 12.3. The molecule has 1 N–H and O–H groups in total. The number of aromatic nitrogens is 5. The van der Waals surface area contributed by atoms with Gasteiger partial charge in [-0.15, -0.1) is 0 Å². The molecule has 9 nitrogen and oxygen atoms in total. The molecule has 1 unspecified atom stereocenters. The van der Waals surface area contributed by atoms with Crippen LogP contribution in [0.4, 0.5) is 5.69 Å². The lowest BCUT2D eigenvalue weighted by molar-refractivity contribution is -0.122. The number of rotatable bonds is 6. The number of nitrogens with one attached hydrogen (secondary N) is 1. The first kappa shape index (κ1) is 18.3. The van der Waals surface area contributed by atoms with Gasteiger partial charge in [-0.1, -0.05) is 12.1 Å². The monoisotopic (exact) mass is 367 g/mol. The fraction of sp³-hybridized carbons (Fsp3) is 0.278. The van der Waals surface area contributed by atoms with E-state index in [1.165, 1.54) is 12.4 Å². The van der Waals surface area contributed by atoms with E-state index in [0.29, 0.717) is 5.69 Å². The summed E-state index contributed by atoms with van der Waals surface area (Å²) in [6.07, 6.45) is 4.64. The van der Waals surface area contributed by atoms with E-state index in [0.717, 1.165) is 15.9 Å². The summed E-state index contributed by atoms with van der Waals surface area (Å²) in [6, 6.07) is 8.87. The highest BCUT2D eigenvalue weighted by atomic mass is 16.2. The van der Waals surface area contributed by atoms with Crippen LogP contribution in [0.1, 0.15) is 18.5 Å². The van der Waals surface area contributed by atoms with Gasteiger partial charge in [-0.05, 0) is 24.6 Å². The lowest BCUT2D eigenvalue weighted by atomic mass is 10.1. The number of hydrogen-bond donors (Lipinski definition) is 1. The molecule has 140 valence electrons. The molecule has 0 aliphatic heterocycles. The number of nitrogens with zero attached hydrogens (tertiary/aromatic N) is 6. The third-order valence-corrected chi connectivity index (χ3v) is 4.12. The molecule has 1 amide bonds. The van der Waals surface area contributed by atoms with Gasteiger partial charge in [0.15, 0.2) is 0 Å². The Morgan fingerprint density at radius 2 is 1.96 bits per heavy atom. The Kier molecular flexibility index (Phi) is 5.30. The third kappa shape index (κ3) is 4.38. The fourth-order valence-electron chi connectivity index (χ4n) is 2.55. The highest BCUT2D eigenvalue weighted by Crippen LogP contribution is 2.15. The van der Waals surface area contributed by atoms with Gasteiger partial charge in [0.05, 0.1) is 23.6 Å². The number of hydrogen-bond acceptors (Lipinski definition) is 6. The smallest absolute Gasteiger partial charge is 0.269 e. The van der Waals surface area contributed by atoms with E-state index in [2.05, 4.69) is 20.5 Å². The molecule has 9 heteroatoms. The molecule has 0 saturated carbocycles. The van der Waals surface area contributed by atoms with E-state index >= 15 is 0 Å². The van der Waals surface area contributed by atoms with Crippen LogP contribution < -0.4 is 15.8 Å². The SMILES string of the molecule is CC(NC(=O)Cn1ncc(N(C)C)cc1=O)c1ccc(-n2cncn2)cc1. The summed E-state index contributed by atoms with van der Waals surface area (Å²) in [5.74, 6) is -0.282. The van der Waals surface area contributed by atoms with Crippen molar-refractivity contribution >= 4 is 11.6 Å². The standard InChI is InChI=1S/C18H21N7O2/c1-13(14-4-6-15(7-5-14)25-12-19-11-21-25)22-17(26)10-24-18(27)8-16(9-20-24)23(2)3/h4-9,11-13H,10H2,1-3H3,(H,22,26). The summed E-state index contributed by atoms with van der Waals surface area (Å²) in [6.45, 7) is 1.75. The van der Waals surface area contributed by atoms with Crippen molar-refractivity contribution in [2.45, 2.75) is 19.5 Å². The van der Waals surface area contributed by atoms with E-state index in [9.17, 15) is 9.59 Å². The van der Waals surface area contributed by atoms with Gasteiger partial charge in [-0.25, -0.2) is 14.3 Å². The molecule has 0 spiro atoms. The first-order valence-corrected chi connectivity index (χ1v) is 8.43. The van der Waals surface area contributed by atoms with Crippen LogP contribution in [0.15, 0.2) is 54.0 Å². The van der Waals surface area contributed by atoms with E-state index in [1.807, 2.05) is 45.3 Å². The molecule has 0 saturated heterocycles. The van der Waals surface area contributed by atoms with Crippen molar-refractivity contribution in [3.63, 3.8) is 0 Å². The molecule has 27 heavy (non-hydrogen) atoms. The van der Waals surface area contributed by atoms with Gasteiger partial charge in [0, 0.05) is 20.2 Å². The molecular formula is C18H21N7O2. The van der Waals surface area contributed by atoms with Crippen LogP contribution in [-0.4, -0.2) is 44.5 Å². The second kappa shape index (κ2) is 7.81. The maximum absolute atomic E-state index is 12.3. The minimum absolute atomic E-state index is 0.131. The molecule has 0 radical (unpaired) electrons. The third-order valence-electron chi connectivity index (χ3n) is 4.12. The van der Waals surface area contributed by atoms with Crippen molar-refractivity contribution in [1.82, 2.24) is 29.9 Å². The van der Waals surface area contributed by atoms with Crippen LogP contribution >= 0.6 is 0 Å². The predicted octanol–water partition coefficient (Wildman–Crippen LogP) is 0.767. The zero-order chi connectivity index (χ0) is 19.4. The molecule has 0 aliphatic carbocycles. The predicted molar refractivity (Wildman–Crippen MR) is 101 cm³/mol. The normalized spacial score (nSPS) is 11.8. The van der Waals surface area contributed by atoms with Crippen molar-refractivity contribution in [1.29, 1.82) is 0 Å². The van der Waals surface area contributed by atoms with Crippen LogP contribution in [0.5, 0.6) is 0 Å². The van der Waals surface area contributed by atoms with Crippen molar-refractivity contribution in [3.05, 3.63) is 65.1 Å². The Bertz CT molecular complexity index is 962. The van der Waals surface area contributed by atoms with Crippen LogP contribution in [0.25, 0.3) is 5.69 Å². The molecule has 3 rings (SSSR count). The highest BCUT2D eigenvalue weighted by molar-refractivity contribution is 5.76. The van der Waals surface area contributed by atoms with Gasteiger partial charge in [0.2, 0.25) is 5.91 Å². The Labute approximate surface area is 156 Å². The van der Waals surface area contributed by atoms with Crippen molar-refractivity contribution < 1.29 is 4.79 Å². The lowest BCUT2D eigenvalue weighted by Crippen LogP contribution is -2.35. The first-order valence-electron chi connectivity index (χ1n) is 8.43. The summed E-state index contributed by atoms with van der Waals surface area (Å²) in [5, 5.41) is 11.0. The number of amides is 1. The average molecular weight is 367 g/mol. The lowest BCUT2D eigenvalue weighted by Gasteiger charge is -2.16. The number of carbonyl (C=O) groups excluding carboxylic acids is 1. The van der Waals surface area contributed by atoms with Gasteiger partial charge >= 0.3 is 0 Å². The van der Waals surface area contributed by atoms with Crippen LogP contribution in [0.2, 0.25) is 0 Å². The van der Waals surface area contributed by atoms with Crippen molar-refractivity contribution in [3.8, 4) is 5.69 Å². The molecule has 0 bridgehead atoms. The Morgan fingerprint density at radius 3 is 2.56 bits per heavy atom. The maximum Gasteiger partial charge on any atom is 0.269 e. The Hall–Kier alpha value is -3.49. The summed E-state index contributed by atoms with van der Waals surface area (Å²) < 4.78 is 2.80. The molecule has 1 atom stereocenters. The highest BCUT2D eigenvalue weighted by Gasteiger charge is 2.12. The summed E-state index contributed by atoms with van der Waals surface area (Å²) in [4.78, 5) is 30.0. The Balaban J connectivity index is 1.63. The van der Waals surface area contributed by atoms with Crippen molar-refractivity contribution in [2.75, 3.05) is 19.0 Å². The quantitative estimate of drug-likeness (QED) is 0.691. The fourth-order valence-corrected chi connectivity index (χ4v) is 2.55. The number of carbonyl (C=O) groups is 1. The second-order valence-corrected chi connectivity index (χ2v) is 6.32. The first-order chi connectivity index (χ1) is 12.9. The molecule has 1 aromatic carbocycles. The van der Waals surface area contributed by atoms with Gasteiger partial charge in [-0.3, -0.25) is 9.59 Å². The molecule has 2 heterocycles. The van der Waals surface area contributed by atoms with Crippen LogP contribution in [0, 0.1) is 0 Å². The topological polar surface area (TPSA) is 97.9 Å². The average Bonchev–Trinajstić information content (AvgIpc) is 3.18. The van der Waals surface area contributed by atoms with Crippen LogP contribution in [0.3, 0.4) is 0 Å². The Morgan fingerprint density at radius 1 is 1.22 bits per heavy atom. The minimum Gasteiger partial charge on any atom is -0.376 e. The molecule has 3 aromatic rings. The second-order valence-electron chi connectivity index (χ2n) is 6.32. The molecular weight excluding hydrogens is 346 g/mol. The number of anilines is 1. The molecule has 2 aromatic heterocycles. The van der Waals surface area contributed by atoms with E-state index < -0.39 is 0 Å². The van der Waals surface area contributed by atoms with E-state index in [4.69, 9.17) is 0 Å². The van der Waals surface area contributed by atoms with Crippen LogP contribution in [-0.2, 0) is 11.3 Å². The summed E-state index contributed by atoms with van der Waals surface area (Å²) in [7, 11) is 3.65. The van der Waals surface area contributed by atoms with Gasteiger partial charge in [-0.2, -0.15) is 10.2 Å².